The highest BCUT2D eigenvalue weighted by molar-refractivity contribution is 7.58. The molecule has 0 spiro atoms. The highest BCUT2D eigenvalue weighted by Crippen LogP contribution is 2.36. The maximum atomic E-state index is 12.6. The summed E-state index contributed by atoms with van der Waals surface area (Å²) in [5.74, 6) is -0.308. The van der Waals surface area contributed by atoms with Gasteiger partial charge in [0.15, 0.2) is 5.30 Å². The third-order valence-corrected chi connectivity index (χ3v) is 4.11. The first-order valence-corrected chi connectivity index (χ1v) is 7.31. The van der Waals surface area contributed by atoms with E-state index in [1.807, 2.05) is 18.2 Å². The van der Waals surface area contributed by atoms with Crippen LogP contribution in [0.5, 0.6) is 0 Å². The van der Waals surface area contributed by atoms with Crippen LogP contribution < -0.4 is 10.6 Å². The number of carbonyl (C=O) groups excluding carboxylic acids is 1. The minimum Gasteiger partial charge on any atom is -0.355 e. The SMILES string of the molecule is C=C/C=C(C(=O)NC)\C(=C/C=C)[P+](=O)c1ccccc1. The molecule has 0 radical (unpaired) electrons. The quantitative estimate of drug-likeness (QED) is 0.496. The van der Waals surface area contributed by atoms with Crippen LogP contribution in [-0.2, 0) is 9.36 Å². The van der Waals surface area contributed by atoms with Crippen LogP contribution in [0.3, 0.4) is 0 Å². The second-order valence-electron chi connectivity index (χ2n) is 3.81. The van der Waals surface area contributed by atoms with Crippen LogP contribution in [0.15, 0.2) is 78.7 Å². The fourth-order valence-corrected chi connectivity index (χ4v) is 2.97. The minimum atomic E-state index is -1.87. The summed E-state index contributed by atoms with van der Waals surface area (Å²) in [7, 11) is -0.343. The number of rotatable bonds is 6. The van der Waals surface area contributed by atoms with Gasteiger partial charge in [-0.2, -0.15) is 0 Å². The second kappa shape index (κ2) is 8.03. The molecule has 1 aromatic rings. The number of hydrogen-bond donors (Lipinski definition) is 1. The average molecular weight is 286 g/mol. The van der Waals surface area contributed by atoms with Gasteiger partial charge in [0.25, 0.3) is 5.91 Å². The van der Waals surface area contributed by atoms with E-state index in [1.165, 1.54) is 19.2 Å². The van der Waals surface area contributed by atoms with Gasteiger partial charge in [-0.1, -0.05) is 48.1 Å². The van der Waals surface area contributed by atoms with Crippen molar-refractivity contribution in [3.63, 3.8) is 0 Å². The van der Waals surface area contributed by atoms with E-state index in [4.69, 9.17) is 0 Å². The van der Waals surface area contributed by atoms with Gasteiger partial charge in [0, 0.05) is 7.05 Å². The Kier molecular flexibility index (Phi) is 6.34. The van der Waals surface area contributed by atoms with Crippen LogP contribution in [-0.4, -0.2) is 13.0 Å². The highest BCUT2D eigenvalue weighted by Gasteiger charge is 2.32. The molecule has 0 bridgehead atoms. The van der Waals surface area contributed by atoms with Crippen LogP contribution in [0, 0.1) is 0 Å². The van der Waals surface area contributed by atoms with Crippen LogP contribution in [0.1, 0.15) is 0 Å². The van der Waals surface area contributed by atoms with E-state index >= 15 is 0 Å². The van der Waals surface area contributed by atoms with Crippen molar-refractivity contribution in [3.05, 3.63) is 78.7 Å². The van der Waals surface area contributed by atoms with E-state index in [1.54, 1.807) is 24.3 Å². The van der Waals surface area contributed by atoms with Gasteiger partial charge in [0.1, 0.15) is 0 Å². The van der Waals surface area contributed by atoms with Crippen LogP contribution >= 0.6 is 7.80 Å². The molecule has 3 nitrogen and oxygen atoms in total. The molecule has 0 aliphatic heterocycles. The molecule has 102 valence electrons. The van der Waals surface area contributed by atoms with Gasteiger partial charge in [-0.15, -0.1) is 0 Å². The van der Waals surface area contributed by atoms with Gasteiger partial charge in [-0.3, -0.25) is 4.79 Å². The third-order valence-electron chi connectivity index (χ3n) is 2.52. The summed E-state index contributed by atoms with van der Waals surface area (Å²) in [6.45, 7) is 7.20. The number of allylic oxidation sites excluding steroid dienone is 4. The van der Waals surface area contributed by atoms with Crippen molar-refractivity contribution in [1.82, 2.24) is 5.32 Å². The van der Waals surface area contributed by atoms with Crippen LogP contribution in [0.2, 0.25) is 0 Å². The summed E-state index contributed by atoms with van der Waals surface area (Å²) < 4.78 is 12.6. The van der Waals surface area contributed by atoms with Gasteiger partial charge in [-0.05, 0) is 24.3 Å². The predicted molar refractivity (Wildman–Crippen MR) is 84.3 cm³/mol. The summed E-state index contributed by atoms with van der Waals surface area (Å²) in [6.07, 6.45) is 6.15. The van der Waals surface area contributed by atoms with E-state index < -0.39 is 7.80 Å². The fourth-order valence-electron chi connectivity index (χ4n) is 1.61. The zero-order valence-corrected chi connectivity index (χ0v) is 12.3. The highest BCUT2D eigenvalue weighted by atomic mass is 31.1. The lowest BCUT2D eigenvalue weighted by atomic mass is 10.2. The first-order chi connectivity index (χ1) is 9.65. The van der Waals surface area contributed by atoms with Crippen molar-refractivity contribution >= 4 is 19.0 Å². The Bertz CT molecular complexity index is 586. The van der Waals surface area contributed by atoms with Crippen molar-refractivity contribution in [1.29, 1.82) is 0 Å². The smallest absolute Gasteiger partial charge is 0.355 e. The van der Waals surface area contributed by atoms with Gasteiger partial charge in [-0.25, -0.2) is 0 Å². The van der Waals surface area contributed by atoms with Crippen LogP contribution in [0.25, 0.3) is 0 Å². The lowest BCUT2D eigenvalue weighted by molar-refractivity contribution is -0.116. The Morgan fingerprint density at radius 2 is 1.75 bits per heavy atom. The fraction of sp³-hybridized carbons (Fsp3) is 0.0625. The normalized spacial score (nSPS) is 12.6. The first-order valence-electron chi connectivity index (χ1n) is 6.06. The number of benzene rings is 1. The molecule has 0 aliphatic rings. The standard InChI is InChI=1S/C16H16NO2P/c1-4-9-14(16(18)17-3)15(10-5-2)20(19)13-11-7-6-8-12-13/h4-12H,1-2H2,3H3/p+1/b14-9+,15-10+. The van der Waals surface area contributed by atoms with Gasteiger partial charge in [0.05, 0.1) is 5.57 Å². The van der Waals surface area contributed by atoms with E-state index in [9.17, 15) is 9.36 Å². The number of carbonyl (C=O) groups is 1. The maximum Gasteiger partial charge on any atom is 0.416 e. The molecule has 0 fully saturated rings. The predicted octanol–water partition coefficient (Wildman–Crippen LogP) is 3.07. The van der Waals surface area contributed by atoms with E-state index in [-0.39, 0.29) is 5.91 Å². The summed E-state index contributed by atoms with van der Waals surface area (Å²) >= 11 is 0. The van der Waals surface area contributed by atoms with Crippen molar-refractivity contribution in [2.75, 3.05) is 7.05 Å². The molecule has 1 unspecified atom stereocenters. The largest absolute Gasteiger partial charge is 0.416 e. The first kappa shape index (κ1) is 15.8. The number of amides is 1. The van der Waals surface area contributed by atoms with Crippen molar-refractivity contribution < 1.29 is 9.36 Å². The molecule has 1 N–H and O–H groups in total. The summed E-state index contributed by atoms with van der Waals surface area (Å²) in [5, 5.41) is 3.63. The lowest BCUT2D eigenvalue weighted by Crippen LogP contribution is -2.21. The van der Waals surface area contributed by atoms with Crippen molar-refractivity contribution in [2.45, 2.75) is 0 Å². The van der Waals surface area contributed by atoms with E-state index in [0.29, 0.717) is 16.2 Å². The molecule has 0 heterocycles. The Balaban J connectivity index is 3.31. The number of nitrogens with one attached hydrogen (secondary N) is 1. The monoisotopic (exact) mass is 286 g/mol. The van der Waals surface area contributed by atoms with Gasteiger partial charge < -0.3 is 5.32 Å². The number of hydrogen-bond acceptors (Lipinski definition) is 2. The topological polar surface area (TPSA) is 46.2 Å². The van der Waals surface area contributed by atoms with Gasteiger partial charge in [0.2, 0.25) is 5.31 Å². The van der Waals surface area contributed by atoms with E-state index in [0.717, 1.165) is 0 Å². The molecule has 0 saturated heterocycles. The molecule has 1 atom stereocenters. The van der Waals surface area contributed by atoms with Crippen molar-refractivity contribution in [3.8, 4) is 0 Å². The summed E-state index contributed by atoms with van der Waals surface area (Å²) in [5.41, 5.74) is 0.326. The third kappa shape index (κ3) is 3.87. The zero-order valence-electron chi connectivity index (χ0n) is 11.4. The molecule has 4 heteroatoms. The Morgan fingerprint density at radius 3 is 2.25 bits per heavy atom. The Hall–Kier alpha value is -2.25. The molecular weight excluding hydrogens is 269 g/mol. The Morgan fingerprint density at radius 1 is 1.15 bits per heavy atom. The van der Waals surface area contributed by atoms with Gasteiger partial charge >= 0.3 is 7.80 Å². The Labute approximate surface area is 120 Å². The molecule has 0 saturated carbocycles. The summed E-state index contributed by atoms with van der Waals surface area (Å²) in [6, 6.07) is 9.01. The lowest BCUT2D eigenvalue weighted by Gasteiger charge is -2.01. The molecule has 20 heavy (non-hydrogen) atoms. The van der Waals surface area contributed by atoms with Crippen molar-refractivity contribution in [2.24, 2.45) is 0 Å². The molecule has 0 aromatic heterocycles. The number of likely N-dealkylation sites (N-methyl/N-ethyl adjacent to an activating group) is 1. The average Bonchev–Trinajstić information content (AvgIpc) is 2.50. The molecular formula is C16H17NO2P+. The van der Waals surface area contributed by atoms with Crippen LogP contribution in [0.4, 0.5) is 0 Å². The molecule has 1 amide bonds. The minimum absolute atomic E-state index is 0.308. The zero-order chi connectivity index (χ0) is 15.0. The van der Waals surface area contributed by atoms with E-state index in [2.05, 4.69) is 18.5 Å². The molecule has 0 aliphatic carbocycles. The maximum absolute atomic E-state index is 12.6. The molecule has 1 rings (SSSR count). The molecule has 1 aromatic carbocycles. The second-order valence-corrected chi connectivity index (χ2v) is 5.40. The summed E-state index contributed by atoms with van der Waals surface area (Å²) in [4.78, 5) is 11.9.